The second-order valence-corrected chi connectivity index (χ2v) is 10.00. The summed E-state index contributed by atoms with van der Waals surface area (Å²) < 4.78 is 22.7. The minimum absolute atomic E-state index is 0.0568. The maximum Gasteiger partial charge on any atom is 0.275 e. The van der Waals surface area contributed by atoms with Crippen LogP contribution in [0.15, 0.2) is 53.4 Å². The van der Waals surface area contributed by atoms with Crippen LogP contribution >= 0.6 is 0 Å². The van der Waals surface area contributed by atoms with E-state index in [9.17, 15) is 13.2 Å². The van der Waals surface area contributed by atoms with Gasteiger partial charge in [0.1, 0.15) is 6.04 Å². The lowest BCUT2D eigenvalue weighted by Gasteiger charge is -2.21. The average Bonchev–Trinajstić information content (AvgIpc) is 2.67. The third kappa shape index (κ3) is 6.65. The van der Waals surface area contributed by atoms with Gasteiger partial charge in [0.25, 0.3) is 5.91 Å². The van der Waals surface area contributed by atoms with Gasteiger partial charge in [0, 0.05) is 11.5 Å². The number of sulfonamides is 1. The van der Waals surface area contributed by atoms with Crippen molar-refractivity contribution in [3.8, 4) is 0 Å². The van der Waals surface area contributed by atoms with Gasteiger partial charge in [-0.2, -0.15) is 0 Å². The molecule has 2 aromatic carbocycles. The Bertz CT molecular complexity index is 937. The molecule has 164 valence electrons. The van der Waals surface area contributed by atoms with Crippen LogP contribution in [0.25, 0.3) is 0 Å². The van der Waals surface area contributed by atoms with Crippen molar-refractivity contribution in [1.29, 1.82) is 0 Å². The molecule has 0 saturated carbocycles. The van der Waals surface area contributed by atoms with Crippen molar-refractivity contribution in [3.05, 3.63) is 65.2 Å². The number of benzene rings is 2. The lowest BCUT2D eigenvalue weighted by molar-refractivity contribution is -0.692. The zero-order valence-corrected chi connectivity index (χ0v) is 19.2. The first-order valence-electron chi connectivity index (χ1n) is 10.3. The molecular weight excluding hydrogens is 398 g/mol. The summed E-state index contributed by atoms with van der Waals surface area (Å²) in [4.78, 5) is 12.6. The van der Waals surface area contributed by atoms with Gasteiger partial charge in [-0.25, -0.2) is 13.6 Å². The number of hydrogen-bond donors (Lipinski definition) is 3. The van der Waals surface area contributed by atoms with E-state index in [2.05, 4.69) is 62.6 Å². The summed E-state index contributed by atoms with van der Waals surface area (Å²) in [6.45, 7) is 10.9. The Labute approximate surface area is 180 Å². The van der Waals surface area contributed by atoms with Crippen LogP contribution in [0, 0.1) is 5.92 Å². The molecule has 2 atom stereocenters. The third-order valence-electron chi connectivity index (χ3n) is 5.35. The molecule has 2 aromatic rings. The second kappa shape index (κ2) is 10.2. The molecule has 0 aliphatic heterocycles. The predicted octanol–water partition coefficient (Wildman–Crippen LogP) is 2.60. The summed E-state index contributed by atoms with van der Waals surface area (Å²) in [5.41, 5.74) is 3.34. The van der Waals surface area contributed by atoms with Crippen molar-refractivity contribution < 1.29 is 18.5 Å². The zero-order valence-electron chi connectivity index (χ0n) is 18.4. The van der Waals surface area contributed by atoms with E-state index in [0.29, 0.717) is 18.4 Å². The van der Waals surface area contributed by atoms with Gasteiger partial charge in [-0.1, -0.05) is 64.1 Å². The molecule has 6 nitrogen and oxygen atoms in total. The van der Waals surface area contributed by atoms with Crippen molar-refractivity contribution in [2.45, 2.75) is 57.5 Å². The molecule has 0 spiro atoms. The summed E-state index contributed by atoms with van der Waals surface area (Å²) in [7, 11) is -3.72. The van der Waals surface area contributed by atoms with E-state index in [-0.39, 0.29) is 22.9 Å². The lowest BCUT2D eigenvalue weighted by Crippen LogP contribution is -2.88. The van der Waals surface area contributed by atoms with Crippen molar-refractivity contribution in [2.24, 2.45) is 11.1 Å². The highest BCUT2D eigenvalue weighted by atomic mass is 32.2. The van der Waals surface area contributed by atoms with Gasteiger partial charge in [0.05, 0.1) is 10.9 Å². The summed E-state index contributed by atoms with van der Waals surface area (Å²) in [6.07, 6.45) is 0. The molecule has 2 rings (SSSR count). The first-order chi connectivity index (χ1) is 14.0. The van der Waals surface area contributed by atoms with E-state index >= 15 is 0 Å². The predicted molar refractivity (Wildman–Crippen MR) is 119 cm³/mol. The number of quaternary nitrogens is 1. The molecule has 0 fully saturated rings. The van der Waals surface area contributed by atoms with E-state index in [1.807, 2.05) is 6.92 Å². The molecule has 0 aromatic heterocycles. The Morgan fingerprint density at radius 3 is 1.87 bits per heavy atom. The van der Waals surface area contributed by atoms with Crippen LogP contribution in [0.1, 0.15) is 69.3 Å². The summed E-state index contributed by atoms with van der Waals surface area (Å²) >= 11 is 0. The normalized spacial score (nSPS) is 14.0. The molecule has 0 saturated heterocycles. The van der Waals surface area contributed by atoms with Crippen LogP contribution in [0.2, 0.25) is 0 Å². The number of carbonyl (C=O) groups is 1. The lowest BCUT2D eigenvalue weighted by atomic mass is 9.93. The van der Waals surface area contributed by atoms with E-state index in [4.69, 9.17) is 5.14 Å². The van der Waals surface area contributed by atoms with Gasteiger partial charge in [0.2, 0.25) is 10.0 Å². The van der Waals surface area contributed by atoms with Crippen LogP contribution in [-0.4, -0.2) is 20.9 Å². The molecule has 0 unspecified atom stereocenters. The second-order valence-electron chi connectivity index (χ2n) is 8.43. The molecule has 7 heteroatoms. The van der Waals surface area contributed by atoms with Gasteiger partial charge in [-0.15, -0.1) is 0 Å². The standard InChI is InChI=1S/C23H33N3O3S/c1-15(2)18-6-8-20(9-7-18)23(16(3)4)25-14-22(27)26-17(5)19-10-12-21(13-11-19)30(24,28)29/h6-13,15-17,23,25H,14H2,1-5H3,(H,26,27)(H2,24,28,29)/p+1/t17-,23+/m1/s1. The number of rotatable bonds is 9. The molecule has 0 aliphatic carbocycles. The maximum atomic E-state index is 12.5. The number of amides is 1. The van der Waals surface area contributed by atoms with Crippen LogP contribution in [-0.2, 0) is 14.8 Å². The SMILES string of the molecule is CC(C)c1ccc([C@@H]([NH2+]CC(=O)N[C@H](C)c2ccc(S(N)(=O)=O)cc2)C(C)C)cc1. The van der Waals surface area contributed by atoms with Crippen molar-refractivity contribution in [2.75, 3.05) is 6.54 Å². The van der Waals surface area contributed by atoms with E-state index in [1.54, 1.807) is 12.1 Å². The Morgan fingerprint density at radius 2 is 1.40 bits per heavy atom. The van der Waals surface area contributed by atoms with E-state index in [1.165, 1.54) is 23.3 Å². The monoisotopic (exact) mass is 432 g/mol. The third-order valence-corrected chi connectivity index (χ3v) is 6.28. The van der Waals surface area contributed by atoms with Gasteiger partial charge in [-0.3, -0.25) is 4.79 Å². The Balaban J connectivity index is 1.97. The molecule has 5 N–H and O–H groups in total. The number of nitrogens with two attached hydrogens (primary N) is 2. The first kappa shape index (κ1) is 24.1. The minimum Gasteiger partial charge on any atom is -0.345 e. The number of nitrogens with one attached hydrogen (secondary N) is 1. The van der Waals surface area contributed by atoms with E-state index in [0.717, 1.165) is 5.56 Å². The van der Waals surface area contributed by atoms with Gasteiger partial charge in [-0.05, 0) is 36.1 Å². The number of carbonyl (C=O) groups excluding carboxylic acids is 1. The minimum atomic E-state index is -3.72. The quantitative estimate of drug-likeness (QED) is 0.567. The Kier molecular flexibility index (Phi) is 8.18. The summed E-state index contributed by atoms with van der Waals surface area (Å²) in [5.74, 6) is 0.806. The van der Waals surface area contributed by atoms with Gasteiger partial charge >= 0.3 is 0 Å². The van der Waals surface area contributed by atoms with Gasteiger partial charge in [0.15, 0.2) is 6.54 Å². The smallest absolute Gasteiger partial charge is 0.275 e. The zero-order chi connectivity index (χ0) is 22.5. The fourth-order valence-corrected chi connectivity index (χ4v) is 3.98. The molecule has 0 aliphatic rings. The van der Waals surface area contributed by atoms with E-state index < -0.39 is 10.0 Å². The molecular formula is C23H34N3O3S+. The first-order valence-corrected chi connectivity index (χ1v) is 11.9. The molecule has 1 amide bonds. The number of hydrogen-bond acceptors (Lipinski definition) is 3. The van der Waals surface area contributed by atoms with Crippen molar-refractivity contribution >= 4 is 15.9 Å². The maximum absolute atomic E-state index is 12.5. The van der Waals surface area contributed by atoms with Crippen LogP contribution in [0.4, 0.5) is 0 Å². The van der Waals surface area contributed by atoms with Crippen molar-refractivity contribution in [1.82, 2.24) is 5.32 Å². The highest BCUT2D eigenvalue weighted by molar-refractivity contribution is 7.89. The fourth-order valence-electron chi connectivity index (χ4n) is 3.46. The highest BCUT2D eigenvalue weighted by Gasteiger charge is 2.21. The number of primary sulfonamides is 1. The van der Waals surface area contributed by atoms with Crippen LogP contribution in [0.5, 0.6) is 0 Å². The highest BCUT2D eigenvalue weighted by Crippen LogP contribution is 2.21. The fraction of sp³-hybridized carbons (Fsp3) is 0.435. The van der Waals surface area contributed by atoms with Crippen LogP contribution < -0.4 is 15.8 Å². The van der Waals surface area contributed by atoms with Crippen molar-refractivity contribution in [3.63, 3.8) is 0 Å². The Morgan fingerprint density at radius 1 is 0.900 bits per heavy atom. The summed E-state index contributed by atoms with van der Waals surface area (Å²) in [6, 6.07) is 14.8. The van der Waals surface area contributed by atoms with Crippen LogP contribution in [0.3, 0.4) is 0 Å². The summed E-state index contributed by atoms with van der Waals surface area (Å²) in [5, 5.41) is 10.2. The molecule has 0 heterocycles. The molecule has 0 radical (unpaired) electrons. The largest absolute Gasteiger partial charge is 0.345 e. The topological polar surface area (TPSA) is 106 Å². The average molecular weight is 433 g/mol. The molecule has 30 heavy (non-hydrogen) atoms. The molecule has 0 bridgehead atoms. The Hall–Kier alpha value is -2.22. The van der Waals surface area contributed by atoms with Gasteiger partial charge < -0.3 is 10.6 Å².